The molecule has 1 saturated heterocycles. The molecule has 0 N–H and O–H groups in total. The summed E-state index contributed by atoms with van der Waals surface area (Å²) in [5.74, 6) is -0.861. The van der Waals surface area contributed by atoms with Crippen LogP contribution in [0.1, 0.15) is 68.3 Å². The van der Waals surface area contributed by atoms with E-state index in [9.17, 15) is 19.2 Å². The Hall–Kier alpha value is -2.90. The van der Waals surface area contributed by atoms with Gasteiger partial charge in [-0.25, -0.2) is 9.59 Å². The van der Waals surface area contributed by atoms with E-state index in [4.69, 9.17) is 14.2 Å². The Labute approximate surface area is 188 Å². The van der Waals surface area contributed by atoms with Gasteiger partial charge in [-0.2, -0.15) is 0 Å². The minimum atomic E-state index is -0.735. The summed E-state index contributed by atoms with van der Waals surface area (Å²) in [5.41, 5.74) is 0.856. The third-order valence-electron chi connectivity index (χ3n) is 5.88. The van der Waals surface area contributed by atoms with Crippen molar-refractivity contribution in [3.8, 4) is 0 Å². The lowest BCUT2D eigenvalue weighted by atomic mass is 9.71. The topological polar surface area (TPSA) is 99.2 Å². The molecule has 8 heteroatoms. The number of rotatable bonds is 6. The van der Waals surface area contributed by atoms with E-state index in [1.807, 2.05) is 12.1 Å². The highest BCUT2D eigenvalue weighted by molar-refractivity contribution is 5.98. The van der Waals surface area contributed by atoms with Gasteiger partial charge >= 0.3 is 18.0 Å². The Bertz CT molecular complexity index is 865. The number of likely N-dealkylation sites (tertiary alicyclic amines) is 1. The van der Waals surface area contributed by atoms with Crippen LogP contribution in [0, 0.1) is 5.92 Å². The van der Waals surface area contributed by atoms with Gasteiger partial charge in [0.15, 0.2) is 12.4 Å². The van der Waals surface area contributed by atoms with Gasteiger partial charge in [0.05, 0.1) is 13.0 Å². The lowest BCUT2D eigenvalue weighted by Crippen LogP contribution is -2.44. The number of esters is 2. The van der Waals surface area contributed by atoms with Crippen molar-refractivity contribution in [2.75, 3.05) is 20.3 Å². The molecule has 32 heavy (non-hydrogen) atoms. The smallest absolute Gasteiger partial charge is 0.411 e. The molecule has 1 unspecified atom stereocenters. The van der Waals surface area contributed by atoms with Gasteiger partial charge in [-0.15, -0.1) is 0 Å². The fourth-order valence-electron chi connectivity index (χ4n) is 4.06. The molecular formula is C24H31NO7. The van der Waals surface area contributed by atoms with Crippen LogP contribution in [0.3, 0.4) is 0 Å². The molecule has 3 rings (SSSR count). The van der Waals surface area contributed by atoms with Crippen LogP contribution in [0.5, 0.6) is 0 Å². The van der Waals surface area contributed by atoms with Crippen molar-refractivity contribution in [2.24, 2.45) is 5.92 Å². The summed E-state index contributed by atoms with van der Waals surface area (Å²) in [6, 6.07) is 6.42. The Kier molecular flexibility index (Phi) is 7.21. The molecular weight excluding hydrogens is 414 g/mol. The van der Waals surface area contributed by atoms with Crippen LogP contribution in [-0.2, 0) is 23.8 Å². The number of Topliss-reactive ketones (excluding diaryl/α,β-unsaturated/α-hetero) is 1. The molecule has 1 aromatic rings. The van der Waals surface area contributed by atoms with Crippen molar-refractivity contribution in [2.45, 2.75) is 64.0 Å². The Morgan fingerprint density at radius 2 is 1.69 bits per heavy atom. The SMILES string of the molecule is COC(=O)C1CC(c2ccc(C(=O)COC(=O)C3CCCN3C(=O)OC(C)(C)C)cc2)C1. The molecule has 0 spiro atoms. The van der Waals surface area contributed by atoms with Gasteiger partial charge in [-0.1, -0.05) is 24.3 Å². The first-order valence-corrected chi connectivity index (χ1v) is 11.0. The molecule has 8 nitrogen and oxygen atoms in total. The lowest BCUT2D eigenvalue weighted by Gasteiger charge is -2.33. The maximum Gasteiger partial charge on any atom is 0.411 e. The predicted molar refractivity (Wildman–Crippen MR) is 115 cm³/mol. The van der Waals surface area contributed by atoms with Gasteiger partial charge in [0.25, 0.3) is 0 Å². The third kappa shape index (κ3) is 5.66. The Balaban J connectivity index is 1.49. The van der Waals surface area contributed by atoms with E-state index in [0.717, 1.165) is 18.4 Å². The number of amides is 1. The first-order chi connectivity index (χ1) is 15.1. The molecule has 0 radical (unpaired) electrons. The number of methoxy groups -OCH3 is 1. The summed E-state index contributed by atoms with van der Waals surface area (Å²) in [7, 11) is 1.39. The van der Waals surface area contributed by atoms with Crippen molar-refractivity contribution in [3.63, 3.8) is 0 Å². The summed E-state index contributed by atoms with van der Waals surface area (Å²) in [5, 5.41) is 0. The van der Waals surface area contributed by atoms with Crippen LogP contribution in [0.25, 0.3) is 0 Å². The normalized spacial score (nSPS) is 22.6. The number of ketones is 1. The zero-order chi connectivity index (χ0) is 23.5. The average molecular weight is 446 g/mol. The summed E-state index contributed by atoms with van der Waals surface area (Å²) in [4.78, 5) is 50.2. The molecule has 0 bridgehead atoms. The number of carbonyl (C=O) groups excluding carboxylic acids is 4. The van der Waals surface area contributed by atoms with Gasteiger partial charge in [-0.3, -0.25) is 14.5 Å². The molecule has 1 aliphatic heterocycles. The maximum atomic E-state index is 12.5. The van der Waals surface area contributed by atoms with Crippen LogP contribution in [-0.4, -0.2) is 60.6 Å². The van der Waals surface area contributed by atoms with Gasteiger partial charge in [0, 0.05) is 12.1 Å². The van der Waals surface area contributed by atoms with Crippen LogP contribution in [0.2, 0.25) is 0 Å². The van der Waals surface area contributed by atoms with E-state index in [-0.39, 0.29) is 30.2 Å². The van der Waals surface area contributed by atoms with E-state index >= 15 is 0 Å². The van der Waals surface area contributed by atoms with Gasteiger partial charge < -0.3 is 14.2 Å². The standard InChI is InChI=1S/C24H31NO7/c1-24(2,3)32-23(29)25-11-5-6-19(25)22(28)31-14-20(26)16-9-7-15(8-10-16)17-12-18(13-17)21(27)30-4/h7-10,17-19H,5-6,11-14H2,1-4H3. The highest BCUT2D eigenvalue weighted by Gasteiger charge is 2.38. The summed E-state index contributed by atoms with van der Waals surface area (Å²) < 4.78 is 15.3. The Morgan fingerprint density at radius 1 is 1.03 bits per heavy atom. The summed E-state index contributed by atoms with van der Waals surface area (Å²) in [6.07, 6.45) is 2.09. The second-order valence-electron chi connectivity index (χ2n) is 9.37. The van der Waals surface area contributed by atoms with Crippen molar-refractivity contribution >= 4 is 23.8 Å². The number of hydrogen-bond acceptors (Lipinski definition) is 7. The van der Waals surface area contributed by atoms with Crippen molar-refractivity contribution in [1.29, 1.82) is 0 Å². The maximum absolute atomic E-state index is 12.5. The number of ether oxygens (including phenoxy) is 3. The van der Waals surface area contributed by atoms with E-state index in [1.165, 1.54) is 12.0 Å². The first-order valence-electron chi connectivity index (χ1n) is 11.0. The number of benzene rings is 1. The minimum Gasteiger partial charge on any atom is -0.469 e. The third-order valence-corrected chi connectivity index (χ3v) is 5.88. The molecule has 1 heterocycles. The van der Waals surface area contributed by atoms with Crippen molar-refractivity contribution in [3.05, 3.63) is 35.4 Å². The van der Waals surface area contributed by atoms with Crippen LogP contribution in [0.15, 0.2) is 24.3 Å². The van der Waals surface area contributed by atoms with Gasteiger partial charge in [-0.05, 0) is 57.9 Å². The Morgan fingerprint density at radius 3 is 2.28 bits per heavy atom. The second-order valence-corrected chi connectivity index (χ2v) is 9.37. The molecule has 1 saturated carbocycles. The van der Waals surface area contributed by atoms with E-state index in [2.05, 4.69) is 0 Å². The highest BCUT2D eigenvalue weighted by Crippen LogP contribution is 2.42. The van der Waals surface area contributed by atoms with Crippen LogP contribution >= 0.6 is 0 Å². The highest BCUT2D eigenvalue weighted by atomic mass is 16.6. The van der Waals surface area contributed by atoms with E-state index in [1.54, 1.807) is 32.9 Å². The molecule has 1 amide bonds. The van der Waals surface area contributed by atoms with Crippen molar-refractivity contribution in [1.82, 2.24) is 4.90 Å². The lowest BCUT2D eigenvalue weighted by molar-refractivity contribution is -0.149. The fraction of sp³-hybridized carbons (Fsp3) is 0.583. The van der Waals surface area contributed by atoms with E-state index < -0.39 is 23.7 Å². The zero-order valence-corrected chi connectivity index (χ0v) is 19.1. The quantitative estimate of drug-likeness (QED) is 0.375. The number of hydrogen-bond donors (Lipinski definition) is 0. The number of nitrogens with zero attached hydrogens (tertiary/aromatic N) is 1. The fourth-order valence-corrected chi connectivity index (χ4v) is 4.06. The molecule has 1 aromatic carbocycles. The zero-order valence-electron chi connectivity index (χ0n) is 19.1. The predicted octanol–water partition coefficient (Wildman–Crippen LogP) is 3.48. The number of carbonyl (C=O) groups is 4. The summed E-state index contributed by atoms with van der Waals surface area (Å²) >= 11 is 0. The monoisotopic (exact) mass is 445 g/mol. The second kappa shape index (κ2) is 9.71. The van der Waals surface area contributed by atoms with Crippen LogP contribution < -0.4 is 0 Å². The molecule has 2 aliphatic rings. The van der Waals surface area contributed by atoms with Crippen LogP contribution in [0.4, 0.5) is 4.79 Å². The summed E-state index contributed by atoms with van der Waals surface area (Å²) in [6.45, 7) is 5.33. The average Bonchev–Trinajstić information content (AvgIpc) is 3.20. The first kappa shape index (κ1) is 23.8. The largest absolute Gasteiger partial charge is 0.469 e. The molecule has 2 fully saturated rings. The molecule has 174 valence electrons. The molecule has 1 aliphatic carbocycles. The van der Waals surface area contributed by atoms with Gasteiger partial charge in [0.1, 0.15) is 11.6 Å². The molecule has 1 atom stereocenters. The van der Waals surface area contributed by atoms with E-state index in [0.29, 0.717) is 24.9 Å². The van der Waals surface area contributed by atoms with Crippen molar-refractivity contribution < 1.29 is 33.4 Å². The molecule has 0 aromatic heterocycles. The van der Waals surface area contributed by atoms with Gasteiger partial charge in [0.2, 0.25) is 0 Å². The minimum absolute atomic E-state index is 0.0541.